The van der Waals surface area contributed by atoms with Gasteiger partial charge in [-0.25, -0.2) is 0 Å². The number of hydrogen-bond acceptors (Lipinski definition) is 8. The first-order chi connectivity index (χ1) is 34.0. The average molecular weight is 1010 g/mol. The van der Waals surface area contributed by atoms with Crippen LogP contribution in [0.4, 0.5) is 0 Å². The Balaban J connectivity index is 4.16. The zero-order valence-electron chi connectivity index (χ0n) is 47.0. The predicted octanol–water partition coefficient (Wildman–Crippen LogP) is 18.0. The van der Waals surface area contributed by atoms with Crippen LogP contribution in [0.25, 0.3) is 0 Å². The van der Waals surface area contributed by atoms with Crippen molar-refractivity contribution in [1.82, 2.24) is 0 Å². The number of allylic oxidation sites excluding steroid dienone is 4. The number of esters is 2. The van der Waals surface area contributed by atoms with E-state index in [1.54, 1.807) is 0 Å². The van der Waals surface area contributed by atoms with E-state index in [1.165, 1.54) is 218 Å². The first-order valence-electron chi connectivity index (χ1n) is 30.0. The largest absolute Gasteiger partial charge is 0.756 e. The Morgan fingerprint density at radius 2 is 0.757 bits per heavy atom. The summed E-state index contributed by atoms with van der Waals surface area (Å²) in [5.41, 5.74) is 0. The summed E-state index contributed by atoms with van der Waals surface area (Å²) >= 11 is 0. The van der Waals surface area contributed by atoms with Crippen LogP contribution in [0.3, 0.4) is 0 Å². The Hall–Kier alpha value is -1.51. The second-order valence-corrected chi connectivity index (χ2v) is 23.1. The third-order valence-electron chi connectivity index (χ3n) is 13.5. The molecule has 0 radical (unpaired) electrons. The highest BCUT2D eigenvalue weighted by Gasteiger charge is 2.22. The molecule has 0 saturated carbocycles. The van der Waals surface area contributed by atoms with Crippen molar-refractivity contribution in [2.45, 2.75) is 302 Å². The van der Waals surface area contributed by atoms with Gasteiger partial charge in [0.15, 0.2) is 6.10 Å². The third-order valence-corrected chi connectivity index (χ3v) is 14.4. The lowest BCUT2D eigenvalue weighted by Crippen LogP contribution is -2.37. The molecular formula is C60H116NO8P. The van der Waals surface area contributed by atoms with Crippen molar-refractivity contribution >= 4 is 19.8 Å². The maximum atomic E-state index is 12.8. The number of phosphoric acid groups is 1. The lowest BCUT2D eigenvalue weighted by Gasteiger charge is -2.28. The molecule has 0 aromatic heterocycles. The van der Waals surface area contributed by atoms with Crippen LogP contribution in [0.15, 0.2) is 24.3 Å². The van der Waals surface area contributed by atoms with Gasteiger partial charge in [0, 0.05) is 12.8 Å². The summed E-state index contributed by atoms with van der Waals surface area (Å²) in [7, 11) is 1.16. The lowest BCUT2D eigenvalue weighted by molar-refractivity contribution is -0.870. The number of nitrogens with zero attached hydrogens (tertiary/aromatic N) is 1. The number of ether oxygens (including phenoxy) is 2. The van der Waals surface area contributed by atoms with Crippen LogP contribution in [0.1, 0.15) is 296 Å². The van der Waals surface area contributed by atoms with Crippen molar-refractivity contribution in [2.75, 3.05) is 47.5 Å². The fourth-order valence-corrected chi connectivity index (χ4v) is 9.53. The second-order valence-electron chi connectivity index (χ2n) is 21.7. The topological polar surface area (TPSA) is 111 Å². The van der Waals surface area contributed by atoms with E-state index in [0.717, 1.165) is 38.5 Å². The summed E-state index contributed by atoms with van der Waals surface area (Å²) in [5, 5.41) is 0. The van der Waals surface area contributed by atoms with Crippen LogP contribution in [-0.2, 0) is 32.7 Å². The molecule has 0 aliphatic rings. The Morgan fingerprint density at radius 3 is 1.14 bits per heavy atom. The van der Waals surface area contributed by atoms with E-state index in [4.69, 9.17) is 18.5 Å². The van der Waals surface area contributed by atoms with Crippen molar-refractivity contribution in [3.05, 3.63) is 24.3 Å². The Bertz CT molecular complexity index is 1240. The van der Waals surface area contributed by atoms with Gasteiger partial charge in [-0.2, -0.15) is 0 Å². The van der Waals surface area contributed by atoms with Gasteiger partial charge < -0.3 is 27.9 Å². The van der Waals surface area contributed by atoms with E-state index in [0.29, 0.717) is 23.9 Å². The highest BCUT2D eigenvalue weighted by molar-refractivity contribution is 7.45. The molecule has 9 nitrogen and oxygen atoms in total. The Morgan fingerprint density at radius 1 is 0.429 bits per heavy atom. The molecule has 0 fully saturated rings. The monoisotopic (exact) mass is 1010 g/mol. The van der Waals surface area contributed by atoms with Crippen LogP contribution in [0, 0.1) is 0 Å². The number of hydrogen-bond donors (Lipinski definition) is 0. The first kappa shape index (κ1) is 68.5. The van der Waals surface area contributed by atoms with Crippen LogP contribution in [-0.4, -0.2) is 70.0 Å². The number of rotatable bonds is 56. The van der Waals surface area contributed by atoms with Crippen LogP contribution < -0.4 is 4.89 Å². The van der Waals surface area contributed by atoms with Crippen LogP contribution >= 0.6 is 7.82 Å². The molecule has 0 N–H and O–H groups in total. The predicted molar refractivity (Wildman–Crippen MR) is 296 cm³/mol. The summed E-state index contributed by atoms with van der Waals surface area (Å²) in [4.78, 5) is 37.9. The molecule has 0 heterocycles. The van der Waals surface area contributed by atoms with Crippen LogP contribution in [0.2, 0.25) is 0 Å². The molecule has 1 unspecified atom stereocenters. The minimum Gasteiger partial charge on any atom is -0.756 e. The third kappa shape index (κ3) is 55.8. The van der Waals surface area contributed by atoms with Gasteiger partial charge in [0.25, 0.3) is 7.82 Å². The number of carbonyl (C=O) groups is 2. The minimum absolute atomic E-state index is 0.0338. The quantitative estimate of drug-likeness (QED) is 0.0195. The van der Waals surface area contributed by atoms with Gasteiger partial charge >= 0.3 is 11.9 Å². The van der Waals surface area contributed by atoms with E-state index in [1.807, 2.05) is 21.1 Å². The SMILES string of the molecule is CCCCCCCCCCCCCCCC/C=C/CC/C=C/CCCC(=O)OC[C@H](COP(=O)([O-])OCC[N+](C)(C)C)OC(=O)CCCCCCCCCCCCCCCCCCCCCCCCC. The smallest absolute Gasteiger partial charge is 0.306 e. The highest BCUT2D eigenvalue weighted by atomic mass is 31.2. The van der Waals surface area contributed by atoms with E-state index in [2.05, 4.69) is 38.2 Å². The molecule has 0 spiro atoms. The van der Waals surface area contributed by atoms with Crippen molar-refractivity contribution in [3.8, 4) is 0 Å². The molecule has 0 aromatic rings. The van der Waals surface area contributed by atoms with Crippen LogP contribution in [0.5, 0.6) is 0 Å². The molecule has 0 rings (SSSR count). The molecule has 414 valence electrons. The zero-order valence-corrected chi connectivity index (χ0v) is 47.9. The van der Waals surface area contributed by atoms with Gasteiger partial charge in [-0.3, -0.25) is 14.2 Å². The van der Waals surface area contributed by atoms with Gasteiger partial charge in [-0.15, -0.1) is 0 Å². The number of phosphoric ester groups is 1. The summed E-state index contributed by atoms with van der Waals surface area (Å²) in [5.74, 6) is -0.866. The van der Waals surface area contributed by atoms with Crippen molar-refractivity contribution in [3.63, 3.8) is 0 Å². The molecular weight excluding hydrogens is 894 g/mol. The molecule has 70 heavy (non-hydrogen) atoms. The highest BCUT2D eigenvalue weighted by Crippen LogP contribution is 2.38. The zero-order chi connectivity index (χ0) is 51.3. The molecule has 0 aliphatic carbocycles. The fourth-order valence-electron chi connectivity index (χ4n) is 8.80. The maximum Gasteiger partial charge on any atom is 0.306 e. The van der Waals surface area contributed by atoms with Crippen molar-refractivity contribution in [2.24, 2.45) is 0 Å². The van der Waals surface area contributed by atoms with E-state index < -0.39 is 32.5 Å². The molecule has 0 aliphatic heterocycles. The summed E-state index contributed by atoms with van der Waals surface area (Å²) in [6.07, 6.45) is 62.4. The summed E-state index contributed by atoms with van der Waals surface area (Å²) < 4.78 is 34.1. The molecule has 0 bridgehead atoms. The Kier molecular flexibility index (Phi) is 51.2. The Labute approximate surface area is 434 Å². The fraction of sp³-hybridized carbons (Fsp3) is 0.900. The first-order valence-corrected chi connectivity index (χ1v) is 31.5. The van der Waals surface area contributed by atoms with Gasteiger partial charge in [0.2, 0.25) is 0 Å². The normalized spacial score (nSPS) is 13.4. The number of likely N-dealkylation sites (N-methyl/N-ethyl adjacent to an activating group) is 1. The summed E-state index contributed by atoms with van der Waals surface area (Å²) in [6.45, 7) is 4.26. The molecule has 0 aromatic carbocycles. The number of unbranched alkanes of at least 4 members (excludes halogenated alkanes) is 38. The lowest BCUT2D eigenvalue weighted by atomic mass is 10.0. The van der Waals surface area contributed by atoms with E-state index in [-0.39, 0.29) is 26.1 Å². The van der Waals surface area contributed by atoms with Gasteiger partial charge in [-0.1, -0.05) is 263 Å². The van der Waals surface area contributed by atoms with Crippen molar-refractivity contribution < 1.29 is 42.1 Å². The minimum atomic E-state index is -4.64. The second kappa shape index (κ2) is 52.4. The van der Waals surface area contributed by atoms with Gasteiger partial charge in [0.05, 0.1) is 27.7 Å². The van der Waals surface area contributed by atoms with Gasteiger partial charge in [-0.05, 0) is 44.9 Å². The molecule has 0 amide bonds. The van der Waals surface area contributed by atoms with E-state index >= 15 is 0 Å². The molecule has 10 heteroatoms. The average Bonchev–Trinajstić information content (AvgIpc) is 3.32. The number of quaternary nitrogens is 1. The van der Waals surface area contributed by atoms with E-state index in [9.17, 15) is 19.0 Å². The number of carbonyl (C=O) groups excluding carboxylic acids is 2. The standard InChI is InChI=1S/C60H116NO8P/c1-6-8-10-12-14-16-18-20-22-24-26-28-30-32-34-36-38-40-42-44-46-48-50-52-59(62)66-56-58(57-68-70(64,65)67-55-54-61(3,4)5)69-60(63)53-51-49-47-45-43-41-39-37-35-33-31-29-27-25-23-21-19-17-15-13-11-9-7-2/h36,38,44,46,58H,6-35,37,39-43,45,47-57H2,1-5H3/b38-36+,46-44+/t58-/m1/s1. The van der Waals surface area contributed by atoms with Gasteiger partial charge in [0.1, 0.15) is 19.8 Å². The molecule has 2 atom stereocenters. The maximum absolute atomic E-state index is 12.8. The summed E-state index contributed by atoms with van der Waals surface area (Å²) in [6, 6.07) is 0. The van der Waals surface area contributed by atoms with Crippen molar-refractivity contribution in [1.29, 1.82) is 0 Å². The molecule has 0 saturated heterocycles.